The highest BCUT2D eigenvalue weighted by molar-refractivity contribution is 7.80. The number of nitrogens with zero attached hydrogens (tertiary/aromatic N) is 3. The van der Waals surface area contributed by atoms with Crippen LogP contribution in [0.15, 0.2) is 29.3 Å². The fourth-order valence-electron chi connectivity index (χ4n) is 3.33. The van der Waals surface area contributed by atoms with E-state index in [1.807, 2.05) is 19.9 Å². The standard InChI is InChI=1S/C21H28N6S/c1-13-9-10-14(2)18(11-13)25-21(28)27-20(24-17-7-5-6-8-17)26-19-22-15(3)12-16(4)23-19/h9-12,17H,5-8H2,1-4H3,(H3,22,23,24,25,26,27,28). The molecular weight excluding hydrogens is 368 g/mol. The Kier molecular flexibility index (Phi) is 6.57. The van der Waals surface area contributed by atoms with Gasteiger partial charge in [-0.15, -0.1) is 0 Å². The van der Waals surface area contributed by atoms with E-state index in [9.17, 15) is 0 Å². The lowest BCUT2D eigenvalue weighted by atomic mass is 10.1. The molecule has 0 bridgehead atoms. The van der Waals surface area contributed by atoms with E-state index in [4.69, 9.17) is 17.2 Å². The van der Waals surface area contributed by atoms with Crippen LogP contribution in [0.5, 0.6) is 0 Å². The fourth-order valence-corrected chi connectivity index (χ4v) is 3.54. The third-order valence-corrected chi connectivity index (χ3v) is 4.93. The van der Waals surface area contributed by atoms with Gasteiger partial charge < -0.3 is 10.6 Å². The molecule has 1 saturated carbocycles. The van der Waals surface area contributed by atoms with Crippen molar-refractivity contribution in [1.82, 2.24) is 15.3 Å². The number of aliphatic imine (C=N–C) groups is 1. The summed E-state index contributed by atoms with van der Waals surface area (Å²) in [6, 6.07) is 8.49. The lowest BCUT2D eigenvalue weighted by molar-refractivity contribution is 0.703. The first-order chi connectivity index (χ1) is 13.4. The predicted molar refractivity (Wildman–Crippen MR) is 120 cm³/mol. The topological polar surface area (TPSA) is 74.2 Å². The summed E-state index contributed by atoms with van der Waals surface area (Å²) in [6.07, 6.45) is 4.62. The lowest BCUT2D eigenvalue weighted by Crippen LogP contribution is -2.40. The van der Waals surface area contributed by atoms with Gasteiger partial charge in [-0.3, -0.25) is 5.32 Å². The first kappa shape index (κ1) is 20.2. The monoisotopic (exact) mass is 396 g/mol. The first-order valence-electron chi connectivity index (χ1n) is 9.71. The minimum atomic E-state index is 0.296. The molecule has 0 spiro atoms. The second kappa shape index (κ2) is 9.10. The molecular formula is C21H28N6S. The molecule has 28 heavy (non-hydrogen) atoms. The van der Waals surface area contributed by atoms with Crippen molar-refractivity contribution in [2.24, 2.45) is 4.99 Å². The zero-order valence-electron chi connectivity index (χ0n) is 17.0. The number of benzene rings is 1. The quantitative estimate of drug-likeness (QED) is 0.405. The van der Waals surface area contributed by atoms with E-state index in [1.54, 1.807) is 0 Å². The maximum absolute atomic E-state index is 5.54. The Balaban J connectivity index is 1.76. The van der Waals surface area contributed by atoms with Gasteiger partial charge in [0.2, 0.25) is 11.9 Å². The normalized spacial score (nSPS) is 14.8. The number of aryl methyl sites for hydroxylation is 4. The molecule has 1 aliphatic carbocycles. The van der Waals surface area contributed by atoms with E-state index >= 15 is 0 Å². The fraction of sp³-hybridized carbons (Fsp3) is 0.429. The van der Waals surface area contributed by atoms with Gasteiger partial charge in [0.1, 0.15) is 0 Å². The highest BCUT2D eigenvalue weighted by atomic mass is 32.1. The molecule has 1 heterocycles. The van der Waals surface area contributed by atoms with Gasteiger partial charge in [-0.05, 0) is 76.0 Å². The zero-order valence-corrected chi connectivity index (χ0v) is 17.8. The van der Waals surface area contributed by atoms with E-state index in [1.165, 1.54) is 18.4 Å². The average Bonchev–Trinajstić information content (AvgIpc) is 3.10. The number of nitrogens with one attached hydrogen (secondary N) is 3. The van der Waals surface area contributed by atoms with Crippen LogP contribution in [-0.4, -0.2) is 27.1 Å². The molecule has 0 unspecified atom stereocenters. The molecule has 0 radical (unpaired) electrons. The number of thiocarbonyl (C=S) groups is 1. The van der Waals surface area contributed by atoms with E-state index in [0.717, 1.165) is 35.5 Å². The Morgan fingerprint density at radius 1 is 1.00 bits per heavy atom. The predicted octanol–water partition coefficient (Wildman–Crippen LogP) is 4.41. The Labute approximate surface area is 172 Å². The Hall–Kier alpha value is -2.54. The smallest absolute Gasteiger partial charge is 0.229 e. The summed E-state index contributed by atoms with van der Waals surface area (Å²) in [6.45, 7) is 8.02. The summed E-state index contributed by atoms with van der Waals surface area (Å²) in [5, 5.41) is 10.2. The van der Waals surface area contributed by atoms with Gasteiger partial charge in [-0.2, -0.15) is 0 Å². The molecule has 1 fully saturated rings. The molecule has 7 heteroatoms. The van der Waals surface area contributed by atoms with Crippen molar-refractivity contribution in [3.63, 3.8) is 0 Å². The maximum Gasteiger partial charge on any atom is 0.229 e. The summed E-state index contributed by atoms with van der Waals surface area (Å²) in [5.41, 5.74) is 5.12. The third kappa shape index (κ3) is 5.73. The molecule has 1 aromatic carbocycles. The minimum Gasteiger partial charge on any atom is -0.332 e. The summed E-state index contributed by atoms with van der Waals surface area (Å²) >= 11 is 5.54. The van der Waals surface area contributed by atoms with Crippen LogP contribution in [0, 0.1) is 27.7 Å². The lowest BCUT2D eigenvalue weighted by Gasteiger charge is -2.17. The van der Waals surface area contributed by atoms with E-state index in [0.29, 0.717) is 23.1 Å². The number of aromatic nitrogens is 2. The van der Waals surface area contributed by atoms with Gasteiger partial charge >= 0.3 is 0 Å². The minimum absolute atomic E-state index is 0.296. The molecule has 3 rings (SSSR count). The molecule has 148 valence electrons. The van der Waals surface area contributed by atoms with E-state index in [-0.39, 0.29) is 0 Å². The molecule has 0 aliphatic heterocycles. The van der Waals surface area contributed by atoms with Crippen molar-refractivity contribution in [3.05, 3.63) is 46.8 Å². The number of guanidine groups is 1. The van der Waals surface area contributed by atoms with E-state index in [2.05, 4.69) is 58.0 Å². The van der Waals surface area contributed by atoms with E-state index < -0.39 is 0 Å². The van der Waals surface area contributed by atoms with Crippen molar-refractivity contribution in [2.45, 2.75) is 59.4 Å². The highest BCUT2D eigenvalue weighted by Crippen LogP contribution is 2.21. The van der Waals surface area contributed by atoms with Crippen LogP contribution in [0.1, 0.15) is 48.2 Å². The van der Waals surface area contributed by atoms with Gasteiger partial charge in [0.25, 0.3) is 0 Å². The van der Waals surface area contributed by atoms with Gasteiger partial charge in [0, 0.05) is 17.1 Å². The van der Waals surface area contributed by atoms with Crippen molar-refractivity contribution in [1.29, 1.82) is 0 Å². The second-order valence-electron chi connectivity index (χ2n) is 7.41. The molecule has 3 N–H and O–H groups in total. The van der Waals surface area contributed by atoms with Crippen LogP contribution >= 0.6 is 12.2 Å². The van der Waals surface area contributed by atoms with Crippen LogP contribution in [-0.2, 0) is 0 Å². The second-order valence-corrected chi connectivity index (χ2v) is 7.82. The largest absolute Gasteiger partial charge is 0.332 e. The number of hydrogen-bond acceptors (Lipinski definition) is 4. The third-order valence-electron chi connectivity index (χ3n) is 4.72. The molecule has 0 amide bonds. The van der Waals surface area contributed by atoms with Gasteiger partial charge in [-0.1, -0.05) is 25.0 Å². The van der Waals surface area contributed by atoms with Crippen molar-refractivity contribution < 1.29 is 0 Å². The van der Waals surface area contributed by atoms with Crippen molar-refractivity contribution in [3.8, 4) is 0 Å². The van der Waals surface area contributed by atoms with Gasteiger partial charge in [-0.25, -0.2) is 15.0 Å². The zero-order chi connectivity index (χ0) is 20.1. The molecule has 0 saturated heterocycles. The van der Waals surface area contributed by atoms with Gasteiger partial charge in [0.15, 0.2) is 5.11 Å². The molecule has 1 aliphatic rings. The first-order valence-corrected chi connectivity index (χ1v) is 10.1. The average molecular weight is 397 g/mol. The molecule has 1 aromatic heterocycles. The van der Waals surface area contributed by atoms with Crippen LogP contribution in [0.25, 0.3) is 0 Å². The summed E-state index contributed by atoms with van der Waals surface area (Å²) in [7, 11) is 0. The van der Waals surface area contributed by atoms with Crippen molar-refractivity contribution >= 4 is 34.9 Å². The van der Waals surface area contributed by atoms with Gasteiger partial charge in [0.05, 0.1) is 6.04 Å². The summed E-state index contributed by atoms with van der Waals surface area (Å²) < 4.78 is 0. The van der Waals surface area contributed by atoms with Crippen LogP contribution < -0.4 is 16.0 Å². The molecule has 6 nitrogen and oxygen atoms in total. The molecule has 0 atom stereocenters. The summed E-state index contributed by atoms with van der Waals surface area (Å²) in [5.74, 6) is 1.11. The number of rotatable bonds is 3. The van der Waals surface area contributed by atoms with Crippen LogP contribution in [0.2, 0.25) is 0 Å². The SMILES string of the molecule is Cc1ccc(C)c(NC(=S)NC(=NC2CCCC2)Nc2nc(C)cc(C)n2)c1. The van der Waals surface area contributed by atoms with Crippen LogP contribution in [0.3, 0.4) is 0 Å². The molecule has 2 aromatic rings. The number of hydrogen-bond donors (Lipinski definition) is 3. The van der Waals surface area contributed by atoms with Crippen molar-refractivity contribution in [2.75, 3.05) is 10.6 Å². The van der Waals surface area contributed by atoms with Crippen LogP contribution in [0.4, 0.5) is 11.6 Å². The maximum atomic E-state index is 5.54. The Bertz CT molecular complexity index is 866. The Morgan fingerprint density at radius 3 is 2.36 bits per heavy atom. The Morgan fingerprint density at radius 2 is 1.68 bits per heavy atom. The highest BCUT2D eigenvalue weighted by Gasteiger charge is 2.16. The number of anilines is 2. The summed E-state index contributed by atoms with van der Waals surface area (Å²) in [4.78, 5) is 13.8.